The molecule has 2 bridgehead atoms. The van der Waals surface area contributed by atoms with Gasteiger partial charge in [-0.05, 0) is 67.7 Å². The Kier molecular flexibility index (Phi) is 2.81. The highest BCUT2D eigenvalue weighted by Gasteiger charge is 2.53. The van der Waals surface area contributed by atoms with Crippen molar-refractivity contribution in [2.24, 2.45) is 16.9 Å². The molecule has 1 spiro atoms. The minimum Gasteiger partial charge on any atom is -0.333 e. The molecule has 3 nitrogen and oxygen atoms in total. The van der Waals surface area contributed by atoms with Crippen LogP contribution in [0.3, 0.4) is 0 Å². The van der Waals surface area contributed by atoms with E-state index < -0.39 is 0 Å². The summed E-state index contributed by atoms with van der Waals surface area (Å²) < 4.78 is 14.6. The predicted octanol–water partition coefficient (Wildman–Crippen LogP) is 4.14. The number of hydrogen-bond donors (Lipinski definition) is 1. The fourth-order valence-corrected chi connectivity index (χ4v) is 5.90. The van der Waals surface area contributed by atoms with E-state index in [1.165, 1.54) is 38.2 Å². The first-order chi connectivity index (χ1) is 11.2. The fourth-order valence-electron chi connectivity index (χ4n) is 4.83. The molecule has 1 aromatic carbocycles. The molecule has 120 valence electrons. The number of hydrazone groups is 1. The van der Waals surface area contributed by atoms with Crippen LogP contribution in [0, 0.1) is 17.7 Å². The van der Waals surface area contributed by atoms with Gasteiger partial charge in [-0.1, -0.05) is 0 Å². The Morgan fingerprint density at radius 2 is 2.09 bits per heavy atom. The fraction of sp³-hybridized carbons (Fsp3) is 0.500. The highest BCUT2D eigenvalue weighted by molar-refractivity contribution is 7.20. The lowest BCUT2D eigenvalue weighted by Crippen LogP contribution is -2.62. The quantitative estimate of drug-likeness (QED) is 0.851. The summed E-state index contributed by atoms with van der Waals surface area (Å²) in [5.41, 5.74) is 3.52. The van der Waals surface area contributed by atoms with Gasteiger partial charge >= 0.3 is 0 Å². The van der Waals surface area contributed by atoms with Crippen molar-refractivity contribution < 1.29 is 4.39 Å². The van der Waals surface area contributed by atoms with Crippen molar-refractivity contribution in [3.63, 3.8) is 0 Å². The molecule has 1 aromatic heterocycles. The summed E-state index contributed by atoms with van der Waals surface area (Å²) in [7, 11) is 2.17. The average Bonchev–Trinajstić information content (AvgIpc) is 3.11. The van der Waals surface area contributed by atoms with Crippen LogP contribution < -0.4 is 5.43 Å². The first-order valence-electron chi connectivity index (χ1n) is 8.44. The average molecular weight is 329 g/mol. The maximum absolute atomic E-state index is 13.4. The van der Waals surface area contributed by atoms with Gasteiger partial charge in [0.2, 0.25) is 0 Å². The number of hydrogen-bond acceptors (Lipinski definition) is 4. The molecule has 3 aliphatic carbocycles. The molecular weight excluding hydrogens is 309 g/mol. The molecular formula is C18H20FN3S. The van der Waals surface area contributed by atoms with Crippen LogP contribution in [0.5, 0.6) is 0 Å². The lowest BCUT2D eigenvalue weighted by atomic mass is 9.64. The third-order valence-electron chi connectivity index (χ3n) is 6.09. The Morgan fingerprint density at radius 3 is 2.83 bits per heavy atom. The Balaban J connectivity index is 1.51. The van der Waals surface area contributed by atoms with E-state index in [1.54, 1.807) is 17.4 Å². The van der Waals surface area contributed by atoms with Gasteiger partial charge in [0, 0.05) is 17.7 Å². The zero-order valence-electron chi connectivity index (χ0n) is 13.2. The summed E-state index contributed by atoms with van der Waals surface area (Å²) in [6, 6.07) is 7.07. The van der Waals surface area contributed by atoms with Crippen LogP contribution in [0.2, 0.25) is 0 Å². The topological polar surface area (TPSA) is 27.6 Å². The van der Waals surface area contributed by atoms with Crippen LogP contribution in [0.15, 0.2) is 29.4 Å². The molecule has 1 N–H and O–H groups in total. The number of halogens is 1. The molecule has 0 amide bonds. The summed E-state index contributed by atoms with van der Waals surface area (Å²) in [5.74, 6) is 2.36. The summed E-state index contributed by atoms with van der Waals surface area (Å²) >= 11 is 1.70. The first kappa shape index (κ1) is 13.8. The van der Waals surface area contributed by atoms with Crippen molar-refractivity contribution >= 4 is 27.3 Å². The predicted molar refractivity (Wildman–Crippen MR) is 92.0 cm³/mol. The molecule has 3 fully saturated rings. The first-order valence-corrected chi connectivity index (χ1v) is 9.25. The molecule has 5 heteroatoms. The minimum absolute atomic E-state index is 0.0118. The van der Waals surface area contributed by atoms with E-state index in [1.807, 2.05) is 6.07 Å². The normalized spacial score (nSPS) is 32.6. The molecule has 4 aliphatic rings. The van der Waals surface area contributed by atoms with Crippen molar-refractivity contribution in [3.8, 4) is 0 Å². The number of fused-ring (bicyclic) bond motifs is 3. The molecule has 1 atom stereocenters. The zero-order chi connectivity index (χ0) is 15.6. The van der Waals surface area contributed by atoms with E-state index in [9.17, 15) is 4.39 Å². The van der Waals surface area contributed by atoms with Gasteiger partial charge in [0.05, 0.1) is 4.88 Å². The number of amidine groups is 1. The molecule has 3 saturated carbocycles. The number of thiophene rings is 1. The monoisotopic (exact) mass is 329 g/mol. The summed E-state index contributed by atoms with van der Waals surface area (Å²) in [6.07, 6.45) is 6.56. The Bertz CT molecular complexity index is 806. The van der Waals surface area contributed by atoms with Crippen LogP contribution in [0.4, 0.5) is 4.39 Å². The zero-order valence-corrected chi connectivity index (χ0v) is 14.0. The Morgan fingerprint density at radius 1 is 1.26 bits per heavy atom. The number of rotatable bonds is 1. The summed E-state index contributed by atoms with van der Waals surface area (Å²) in [5, 5.41) is 5.67. The van der Waals surface area contributed by atoms with Crippen molar-refractivity contribution in [3.05, 3.63) is 35.0 Å². The van der Waals surface area contributed by atoms with Crippen LogP contribution in [0.25, 0.3) is 10.1 Å². The van der Waals surface area contributed by atoms with E-state index in [0.717, 1.165) is 26.7 Å². The molecule has 1 aliphatic heterocycles. The van der Waals surface area contributed by atoms with Crippen LogP contribution in [-0.2, 0) is 0 Å². The van der Waals surface area contributed by atoms with E-state index in [-0.39, 0.29) is 11.5 Å². The third-order valence-corrected chi connectivity index (χ3v) is 7.20. The van der Waals surface area contributed by atoms with Crippen LogP contribution >= 0.6 is 11.3 Å². The molecule has 23 heavy (non-hydrogen) atoms. The standard InChI is InChI=1S/C18H20FN3S/c1-22-17(16-9-12-8-14(19)6-7-15(12)23-16)20-21-18(22)10-11-2-4-13(18)5-3-11/h6-9,11,13,21H,2-5,10H2,1H3/t11?,13?,18-/m1/s1. The molecule has 0 radical (unpaired) electrons. The van der Waals surface area contributed by atoms with Gasteiger partial charge in [0.1, 0.15) is 11.5 Å². The van der Waals surface area contributed by atoms with E-state index in [2.05, 4.69) is 23.4 Å². The molecule has 6 rings (SSSR count). The second-order valence-corrected chi connectivity index (χ2v) is 8.33. The SMILES string of the molecule is CN1C(c2cc3cc(F)ccc3s2)=NN[C@]12CC1CCC2CC1. The maximum atomic E-state index is 13.4. The van der Waals surface area contributed by atoms with Gasteiger partial charge in [-0.3, -0.25) is 5.43 Å². The van der Waals surface area contributed by atoms with Gasteiger partial charge in [-0.25, -0.2) is 4.39 Å². The second kappa shape index (κ2) is 4.69. The van der Waals surface area contributed by atoms with Crippen molar-refractivity contribution in [1.82, 2.24) is 10.3 Å². The third kappa shape index (κ3) is 1.89. The molecule has 0 saturated heterocycles. The smallest absolute Gasteiger partial charge is 0.167 e. The maximum Gasteiger partial charge on any atom is 0.167 e. The van der Waals surface area contributed by atoms with Gasteiger partial charge in [0.15, 0.2) is 5.84 Å². The largest absolute Gasteiger partial charge is 0.333 e. The van der Waals surface area contributed by atoms with E-state index in [0.29, 0.717) is 5.92 Å². The number of benzene rings is 1. The van der Waals surface area contributed by atoms with Crippen LogP contribution in [-0.4, -0.2) is 23.4 Å². The van der Waals surface area contributed by atoms with E-state index in [4.69, 9.17) is 5.10 Å². The van der Waals surface area contributed by atoms with Crippen molar-refractivity contribution in [2.75, 3.05) is 7.05 Å². The highest BCUT2D eigenvalue weighted by Crippen LogP contribution is 2.50. The van der Waals surface area contributed by atoms with Crippen molar-refractivity contribution in [1.29, 1.82) is 0 Å². The summed E-state index contributed by atoms with van der Waals surface area (Å²) in [6.45, 7) is 0. The lowest BCUT2D eigenvalue weighted by Gasteiger charge is -2.52. The highest BCUT2D eigenvalue weighted by atomic mass is 32.1. The Labute approximate surface area is 139 Å². The molecule has 2 heterocycles. The van der Waals surface area contributed by atoms with Crippen LogP contribution in [0.1, 0.15) is 37.0 Å². The lowest BCUT2D eigenvalue weighted by molar-refractivity contribution is -0.0196. The number of nitrogens with one attached hydrogen (secondary N) is 1. The molecule has 2 aromatic rings. The number of nitrogens with zero attached hydrogens (tertiary/aromatic N) is 2. The van der Waals surface area contributed by atoms with Gasteiger partial charge in [-0.2, -0.15) is 5.10 Å². The Hall–Kier alpha value is -1.62. The molecule has 0 unspecified atom stereocenters. The summed E-state index contributed by atoms with van der Waals surface area (Å²) in [4.78, 5) is 3.49. The van der Waals surface area contributed by atoms with Crippen molar-refractivity contribution in [2.45, 2.75) is 37.8 Å². The minimum atomic E-state index is -0.178. The van der Waals surface area contributed by atoms with Gasteiger partial charge < -0.3 is 4.90 Å². The second-order valence-electron chi connectivity index (χ2n) is 7.25. The van der Waals surface area contributed by atoms with Gasteiger partial charge in [0.25, 0.3) is 0 Å². The van der Waals surface area contributed by atoms with E-state index >= 15 is 0 Å². The van der Waals surface area contributed by atoms with Gasteiger partial charge in [-0.15, -0.1) is 11.3 Å².